The van der Waals surface area contributed by atoms with E-state index in [1.807, 2.05) is 12.1 Å². The summed E-state index contributed by atoms with van der Waals surface area (Å²) in [5.74, 6) is -0.163. The van der Waals surface area contributed by atoms with Gasteiger partial charge < -0.3 is 19.9 Å². The lowest BCUT2D eigenvalue weighted by Crippen LogP contribution is -2.46. The Morgan fingerprint density at radius 1 is 1.28 bits per heavy atom. The van der Waals surface area contributed by atoms with Crippen molar-refractivity contribution in [2.75, 3.05) is 37.7 Å². The van der Waals surface area contributed by atoms with E-state index >= 15 is 0 Å². The number of hydrogen-bond acceptors (Lipinski definition) is 5. The van der Waals surface area contributed by atoms with E-state index in [1.165, 1.54) is 0 Å². The topological polar surface area (TPSA) is 74.8 Å². The molecule has 2 amide bonds. The molecule has 1 aromatic heterocycles. The van der Waals surface area contributed by atoms with Crippen LogP contribution in [0.3, 0.4) is 0 Å². The zero-order valence-electron chi connectivity index (χ0n) is 15.3. The van der Waals surface area contributed by atoms with Gasteiger partial charge in [0, 0.05) is 44.1 Å². The number of amides is 2. The van der Waals surface area contributed by atoms with E-state index in [-0.39, 0.29) is 18.0 Å². The quantitative estimate of drug-likeness (QED) is 0.854. The van der Waals surface area contributed by atoms with Gasteiger partial charge in [-0.2, -0.15) is 0 Å². The maximum absolute atomic E-state index is 12.5. The molecule has 1 fully saturated rings. The molecule has 0 atom stereocenters. The summed E-state index contributed by atoms with van der Waals surface area (Å²) < 4.78 is 5.01. The molecular weight excluding hydrogens is 320 g/mol. The molecule has 0 radical (unpaired) electrons. The molecule has 0 saturated carbocycles. The van der Waals surface area contributed by atoms with Crippen molar-refractivity contribution in [3.8, 4) is 0 Å². The Bertz CT molecular complexity index is 581. The highest BCUT2D eigenvalue weighted by Gasteiger charge is 2.25. The molecule has 1 aromatic rings. The van der Waals surface area contributed by atoms with Gasteiger partial charge >= 0.3 is 6.09 Å². The van der Waals surface area contributed by atoms with E-state index in [4.69, 9.17) is 4.74 Å². The average molecular weight is 348 g/mol. The highest BCUT2D eigenvalue weighted by molar-refractivity contribution is 5.93. The Kier molecular flexibility index (Phi) is 7.03. The van der Waals surface area contributed by atoms with Crippen molar-refractivity contribution in [3.05, 3.63) is 24.0 Å². The first-order valence-electron chi connectivity index (χ1n) is 9.02. The minimum absolute atomic E-state index is 0.0529. The molecule has 25 heavy (non-hydrogen) atoms. The molecule has 0 aromatic carbocycles. The predicted molar refractivity (Wildman–Crippen MR) is 96.9 cm³/mol. The first-order chi connectivity index (χ1) is 12.1. The lowest BCUT2D eigenvalue weighted by Gasteiger charge is -2.31. The number of likely N-dealkylation sites (tertiary alicyclic amines) is 1. The minimum atomic E-state index is -0.277. The molecule has 0 aliphatic carbocycles. The standard InChI is InChI=1S/C18H28N4O3/c1-4-21(5-2)15-7-10-19-16(13-15)17(23)20-14-8-11-22(12-9-14)18(24)25-6-3/h7,10,13-14H,4-6,8-9,11-12H2,1-3H3,(H,20,23). The predicted octanol–water partition coefficient (Wildman–Crippen LogP) is 2.28. The van der Waals surface area contributed by atoms with Crippen LogP contribution >= 0.6 is 0 Å². The molecular formula is C18H28N4O3. The third kappa shape index (κ3) is 5.08. The maximum atomic E-state index is 12.5. The van der Waals surface area contributed by atoms with E-state index in [0.29, 0.717) is 25.4 Å². The minimum Gasteiger partial charge on any atom is -0.450 e. The van der Waals surface area contributed by atoms with E-state index < -0.39 is 0 Å². The second-order valence-corrected chi connectivity index (χ2v) is 6.01. The van der Waals surface area contributed by atoms with Gasteiger partial charge in [-0.05, 0) is 45.7 Å². The Balaban J connectivity index is 1.91. The lowest BCUT2D eigenvalue weighted by atomic mass is 10.1. The number of nitrogens with zero attached hydrogens (tertiary/aromatic N) is 3. The van der Waals surface area contributed by atoms with E-state index in [1.54, 1.807) is 18.0 Å². The van der Waals surface area contributed by atoms with Crippen molar-refractivity contribution < 1.29 is 14.3 Å². The van der Waals surface area contributed by atoms with Gasteiger partial charge in [0.15, 0.2) is 0 Å². The van der Waals surface area contributed by atoms with Crippen molar-refractivity contribution >= 4 is 17.7 Å². The fraction of sp³-hybridized carbons (Fsp3) is 0.611. The Morgan fingerprint density at radius 3 is 2.56 bits per heavy atom. The van der Waals surface area contributed by atoms with Crippen molar-refractivity contribution in [2.24, 2.45) is 0 Å². The van der Waals surface area contributed by atoms with E-state index in [2.05, 4.69) is 29.0 Å². The highest BCUT2D eigenvalue weighted by atomic mass is 16.6. The summed E-state index contributed by atoms with van der Waals surface area (Å²) in [6, 6.07) is 3.80. The van der Waals surface area contributed by atoms with Gasteiger partial charge in [0.1, 0.15) is 5.69 Å². The highest BCUT2D eigenvalue weighted by Crippen LogP contribution is 2.16. The van der Waals surface area contributed by atoms with Crippen LogP contribution in [-0.2, 0) is 4.74 Å². The second kappa shape index (κ2) is 9.25. The number of anilines is 1. The summed E-state index contributed by atoms with van der Waals surface area (Å²) in [6.45, 7) is 9.30. The van der Waals surface area contributed by atoms with Crippen molar-refractivity contribution in [1.82, 2.24) is 15.2 Å². The van der Waals surface area contributed by atoms with Crippen LogP contribution in [0, 0.1) is 0 Å². The number of hydrogen-bond donors (Lipinski definition) is 1. The van der Waals surface area contributed by atoms with Crippen LogP contribution in [0.25, 0.3) is 0 Å². The molecule has 1 saturated heterocycles. The molecule has 1 aliphatic heterocycles. The van der Waals surface area contributed by atoms with Gasteiger partial charge in [0.2, 0.25) is 0 Å². The summed E-state index contributed by atoms with van der Waals surface area (Å²) in [4.78, 5) is 32.3. The van der Waals surface area contributed by atoms with Crippen LogP contribution in [0.5, 0.6) is 0 Å². The fourth-order valence-corrected chi connectivity index (χ4v) is 3.01. The number of carbonyl (C=O) groups excluding carboxylic acids is 2. The zero-order chi connectivity index (χ0) is 18.2. The van der Waals surface area contributed by atoms with Gasteiger partial charge in [0.05, 0.1) is 6.61 Å². The van der Waals surface area contributed by atoms with Gasteiger partial charge in [-0.25, -0.2) is 4.79 Å². The van der Waals surface area contributed by atoms with Crippen LogP contribution < -0.4 is 10.2 Å². The van der Waals surface area contributed by atoms with Crippen molar-refractivity contribution in [2.45, 2.75) is 39.7 Å². The molecule has 138 valence electrons. The molecule has 1 aliphatic rings. The maximum Gasteiger partial charge on any atom is 0.409 e. The number of ether oxygens (including phenoxy) is 1. The normalized spacial score (nSPS) is 14.9. The summed E-state index contributed by atoms with van der Waals surface area (Å²) in [5.41, 5.74) is 1.43. The number of carbonyl (C=O) groups is 2. The summed E-state index contributed by atoms with van der Waals surface area (Å²) in [6.07, 6.45) is 2.84. The molecule has 2 rings (SSSR count). The smallest absolute Gasteiger partial charge is 0.409 e. The molecule has 2 heterocycles. The van der Waals surface area contributed by atoms with Crippen LogP contribution in [-0.4, -0.2) is 60.7 Å². The average Bonchev–Trinajstić information content (AvgIpc) is 2.64. The van der Waals surface area contributed by atoms with E-state index in [0.717, 1.165) is 31.6 Å². The first-order valence-corrected chi connectivity index (χ1v) is 9.02. The van der Waals surface area contributed by atoms with Gasteiger partial charge in [-0.15, -0.1) is 0 Å². The first kappa shape index (κ1) is 19.0. The molecule has 7 heteroatoms. The molecule has 0 bridgehead atoms. The Labute approximate surface area is 149 Å². The summed E-state index contributed by atoms with van der Waals surface area (Å²) in [7, 11) is 0. The van der Waals surface area contributed by atoms with Gasteiger partial charge in [-0.1, -0.05) is 0 Å². The van der Waals surface area contributed by atoms with Crippen LogP contribution in [0.2, 0.25) is 0 Å². The third-order valence-electron chi connectivity index (χ3n) is 4.46. The van der Waals surface area contributed by atoms with Crippen molar-refractivity contribution in [3.63, 3.8) is 0 Å². The van der Waals surface area contributed by atoms with Gasteiger partial charge in [-0.3, -0.25) is 9.78 Å². The van der Waals surface area contributed by atoms with Crippen molar-refractivity contribution in [1.29, 1.82) is 0 Å². The van der Waals surface area contributed by atoms with Crippen LogP contribution in [0.4, 0.5) is 10.5 Å². The monoisotopic (exact) mass is 348 g/mol. The third-order valence-corrected chi connectivity index (χ3v) is 4.46. The Hall–Kier alpha value is -2.31. The van der Waals surface area contributed by atoms with Gasteiger partial charge in [0.25, 0.3) is 5.91 Å². The zero-order valence-corrected chi connectivity index (χ0v) is 15.3. The number of aromatic nitrogens is 1. The molecule has 1 N–H and O–H groups in total. The number of piperidine rings is 1. The van der Waals surface area contributed by atoms with E-state index in [9.17, 15) is 9.59 Å². The lowest BCUT2D eigenvalue weighted by molar-refractivity contribution is 0.0856. The number of nitrogens with one attached hydrogen (secondary N) is 1. The fourth-order valence-electron chi connectivity index (χ4n) is 3.01. The molecule has 0 spiro atoms. The molecule has 0 unspecified atom stereocenters. The van der Waals surface area contributed by atoms with Crippen LogP contribution in [0.1, 0.15) is 44.1 Å². The second-order valence-electron chi connectivity index (χ2n) is 6.01. The largest absolute Gasteiger partial charge is 0.450 e. The van der Waals surface area contributed by atoms with Crippen LogP contribution in [0.15, 0.2) is 18.3 Å². The number of rotatable bonds is 6. The summed E-state index contributed by atoms with van der Waals surface area (Å²) >= 11 is 0. The molecule has 7 nitrogen and oxygen atoms in total. The number of pyridine rings is 1. The Morgan fingerprint density at radius 2 is 1.96 bits per heavy atom. The SMILES string of the molecule is CCOC(=O)N1CCC(NC(=O)c2cc(N(CC)CC)ccn2)CC1. The summed E-state index contributed by atoms with van der Waals surface area (Å²) in [5, 5.41) is 3.03.